The van der Waals surface area contributed by atoms with Gasteiger partial charge in [-0.15, -0.1) is 10.2 Å². The number of thioether (sulfide) groups is 1. The molecule has 2 heterocycles. The zero-order valence-corrected chi connectivity index (χ0v) is 19.3. The highest BCUT2D eigenvalue weighted by molar-refractivity contribution is 7.99. The van der Waals surface area contributed by atoms with Gasteiger partial charge in [-0.05, 0) is 56.9 Å². The van der Waals surface area contributed by atoms with E-state index >= 15 is 0 Å². The van der Waals surface area contributed by atoms with Crippen molar-refractivity contribution in [1.29, 1.82) is 0 Å². The molecular formula is C23H31N5O2S. The standard InChI is InChI=1S/C23H31N5O2S/c1-4-11-24-23(30)18-6-5-12-28(14-18)20-9-10-22(27-26-20)31-15-21(29)25-19-8-7-16(2)13-17(19)3/h7-10,13,18H,4-6,11-12,14-15H2,1-3H3,(H,24,30)(H,25,29). The third-order valence-electron chi connectivity index (χ3n) is 5.30. The van der Waals surface area contributed by atoms with Crippen molar-refractivity contribution in [3.63, 3.8) is 0 Å². The third kappa shape index (κ3) is 6.69. The van der Waals surface area contributed by atoms with E-state index in [1.54, 1.807) is 0 Å². The number of carbonyl (C=O) groups excluding carboxylic acids is 2. The molecule has 2 aromatic rings. The SMILES string of the molecule is CCCNC(=O)C1CCCN(c2ccc(SCC(=O)Nc3ccc(C)cc3C)nn2)C1. The van der Waals surface area contributed by atoms with Crippen LogP contribution in [0.2, 0.25) is 0 Å². The summed E-state index contributed by atoms with van der Waals surface area (Å²) in [6.07, 6.45) is 2.80. The van der Waals surface area contributed by atoms with Gasteiger partial charge in [-0.2, -0.15) is 0 Å². The summed E-state index contributed by atoms with van der Waals surface area (Å²) in [4.78, 5) is 26.7. The predicted octanol–water partition coefficient (Wildman–Crippen LogP) is 3.57. The largest absolute Gasteiger partial charge is 0.356 e. The van der Waals surface area contributed by atoms with Crippen molar-refractivity contribution in [2.45, 2.75) is 45.1 Å². The Morgan fingerprint density at radius 1 is 1.19 bits per heavy atom. The van der Waals surface area contributed by atoms with Gasteiger partial charge in [0.15, 0.2) is 5.82 Å². The number of amides is 2. The Morgan fingerprint density at radius 2 is 2.03 bits per heavy atom. The van der Waals surface area contributed by atoms with E-state index in [9.17, 15) is 9.59 Å². The van der Waals surface area contributed by atoms with Gasteiger partial charge in [-0.3, -0.25) is 9.59 Å². The number of aryl methyl sites for hydroxylation is 2. The maximum Gasteiger partial charge on any atom is 0.234 e. The van der Waals surface area contributed by atoms with Crippen LogP contribution >= 0.6 is 11.8 Å². The maximum absolute atomic E-state index is 12.3. The Kier molecular flexibility index (Phi) is 8.28. The normalized spacial score (nSPS) is 16.1. The minimum atomic E-state index is -0.0696. The fourth-order valence-electron chi connectivity index (χ4n) is 3.63. The van der Waals surface area contributed by atoms with E-state index in [-0.39, 0.29) is 23.5 Å². The van der Waals surface area contributed by atoms with Crippen molar-refractivity contribution in [1.82, 2.24) is 15.5 Å². The summed E-state index contributed by atoms with van der Waals surface area (Å²) >= 11 is 1.36. The summed E-state index contributed by atoms with van der Waals surface area (Å²) in [6.45, 7) is 8.32. The quantitative estimate of drug-likeness (QED) is 0.609. The highest BCUT2D eigenvalue weighted by Crippen LogP contribution is 2.23. The first-order valence-electron chi connectivity index (χ1n) is 10.8. The first-order valence-corrected chi connectivity index (χ1v) is 11.8. The van der Waals surface area contributed by atoms with Crippen LogP contribution in [0.1, 0.15) is 37.3 Å². The maximum atomic E-state index is 12.3. The minimum absolute atomic E-state index is 0.00919. The summed E-state index contributed by atoms with van der Waals surface area (Å²) in [5, 5.41) is 15.2. The number of rotatable bonds is 8. The van der Waals surface area contributed by atoms with Gasteiger partial charge in [0.25, 0.3) is 0 Å². The van der Waals surface area contributed by atoms with Crippen LogP contribution in [-0.2, 0) is 9.59 Å². The van der Waals surface area contributed by atoms with E-state index in [0.717, 1.165) is 49.4 Å². The number of carbonyl (C=O) groups is 2. The van der Waals surface area contributed by atoms with E-state index in [2.05, 4.69) is 32.7 Å². The lowest BCUT2D eigenvalue weighted by molar-refractivity contribution is -0.125. The highest BCUT2D eigenvalue weighted by atomic mass is 32.2. The molecule has 1 atom stereocenters. The molecule has 1 aromatic carbocycles. The van der Waals surface area contributed by atoms with Gasteiger partial charge < -0.3 is 15.5 Å². The second-order valence-electron chi connectivity index (χ2n) is 7.96. The minimum Gasteiger partial charge on any atom is -0.356 e. The van der Waals surface area contributed by atoms with Crippen LogP contribution in [0.4, 0.5) is 11.5 Å². The number of hydrogen-bond acceptors (Lipinski definition) is 6. The molecule has 7 nitrogen and oxygen atoms in total. The van der Waals surface area contributed by atoms with Crippen LogP contribution in [0.15, 0.2) is 35.4 Å². The Hall–Kier alpha value is -2.61. The molecule has 3 rings (SSSR count). The molecule has 1 aliphatic rings. The molecule has 2 amide bonds. The molecule has 0 radical (unpaired) electrons. The molecule has 1 aliphatic heterocycles. The van der Waals surface area contributed by atoms with E-state index in [0.29, 0.717) is 11.6 Å². The number of piperidine rings is 1. The van der Waals surface area contributed by atoms with Crippen molar-refractivity contribution in [2.75, 3.05) is 35.6 Å². The summed E-state index contributed by atoms with van der Waals surface area (Å²) < 4.78 is 0. The molecule has 1 fully saturated rings. The number of nitrogens with one attached hydrogen (secondary N) is 2. The molecule has 0 spiro atoms. The fourth-order valence-corrected chi connectivity index (χ4v) is 4.24. The molecule has 1 saturated heterocycles. The summed E-state index contributed by atoms with van der Waals surface area (Å²) in [6, 6.07) is 9.77. The lowest BCUT2D eigenvalue weighted by atomic mass is 9.97. The van der Waals surface area contributed by atoms with Crippen LogP contribution in [0.5, 0.6) is 0 Å². The van der Waals surface area contributed by atoms with Gasteiger partial charge in [-0.1, -0.05) is 36.4 Å². The number of nitrogens with zero attached hydrogens (tertiary/aromatic N) is 3. The Bertz CT molecular complexity index is 903. The molecule has 0 saturated carbocycles. The van der Waals surface area contributed by atoms with Crippen LogP contribution < -0.4 is 15.5 Å². The average Bonchev–Trinajstić information content (AvgIpc) is 2.78. The fraction of sp³-hybridized carbons (Fsp3) is 0.478. The number of benzene rings is 1. The van der Waals surface area contributed by atoms with Gasteiger partial charge in [0.2, 0.25) is 11.8 Å². The number of anilines is 2. The van der Waals surface area contributed by atoms with E-state index in [1.165, 1.54) is 17.3 Å². The van der Waals surface area contributed by atoms with Crippen LogP contribution in [0.25, 0.3) is 0 Å². The van der Waals surface area contributed by atoms with Crippen molar-refractivity contribution in [2.24, 2.45) is 5.92 Å². The second kappa shape index (κ2) is 11.1. The first-order chi connectivity index (χ1) is 15.0. The molecule has 166 valence electrons. The zero-order chi connectivity index (χ0) is 22.2. The molecule has 2 N–H and O–H groups in total. The number of hydrogen-bond donors (Lipinski definition) is 2. The van der Waals surface area contributed by atoms with Gasteiger partial charge in [-0.25, -0.2) is 0 Å². The second-order valence-corrected chi connectivity index (χ2v) is 8.96. The number of aromatic nitrogens is 2. The van der Waals surface area contributed by atoms with Gasteiger partial charge >= 0.3 is 0 Å². The van der Waals surface area contributed by atoms with Crippen LogP contribution in [0, 0.1) is 19.8 Å². The van der Waals surface area contributed by atoms with Crippen molar-refractivity contribution < 1.29 is 9.59 Å². The zero-order valence-electron chi connectivity index (χ0n) is 18.5. The smallest absolute Gasteiger partial charge is 0.234 e. The molecule has 0 bridgehead atoms. The third-order valence-corrected chi connectivity index (χ3v) is 6.22. The molecule has 8 heteroatoms. The highest BCUT2D eigenvalue weighted by Gasteiger charge is 2.26. The average molecular weight is 442 g/mol. The van der Waals surface area contributed by atoms with E-state index in [4.69, 9.17) is 0 Å². The predicted molar refractivity (Wildman–Crippen MR) is 126 cm³/mol. The van der Waals surface area contributed by atoms with Crippen molar-refractivity contribution >= 4 is 35.1 Å². The molecule has 1 aromatic heterocycles. The van der Waals surface area contributed by atoms with Gasteiger partial charge in [0.05, 0.1) is 11.7 Å². The molecule has 0 aliphatic carbocycles. The van der Waals surface area contributed by atoms with E-state index < -0.39 is 0 Å². The lowest BCUT2D eigenvalue weighted by Gasteiger charge is -2.32. The van der Waals surface area contributed by atoms with Crippen molar-refractivity contribution in [3.8, 4) is 0 Å². The Morgan fingerprint density at radius 3 is 2.74 bits per heavy atom. The first kappa shape index (κ1) is 23.1. The van der Waals surface area contributed by atoms with Crippen molar-refractivity contribution in [3.05, 3.63) is 41.5 Å². The Labute approximate surface area is 188 Å². The van der Waals surface area contributed by atoms with E-state index in [1.807, 2.05) is 44.2 Å². The summed E-state index contributed by atoms with van der Waals surface area (Å²) in [7, 11) is 0. The van der Waals surface area contributed by atoms with Crippen LogP contribution in [-0.4, -0.2) is 47.4 Å². The topological polar surface area (TPSA) is 87.2 Å². The molecule has 1 unspecified atom stereocenters. The monoisotopic (exact) mass is 441 g/mol. The summed E-state index contributed by atoms with van der Waals surface area (Å²) in [5.41, 5.74) is 3.05. The molecular weight excluding hydrogens is 410 g/mol. The lowest BCUT2D eigenvalue weighted by Crippen LogP contribution is -2.43. The van der Waals surface area contributed by atoms with Gasteiger partial charge in [0, 0.05) is 25.3 Å². The Balaban J connectivity index is 1.50. The van der Waals surface area contributed by atoms with Gasteiger partial charge in [0.1, 0.15) is 5.03 Å². The summed E-state index contributed by atoms with van der Waals surface area (Å²) in [5.74, 6) is 1.09. The molecule has 31 heavy (non-hydrogen) atoms. The van der Waals surface area contributed by atoms with Crippen LogP contribution in [0.3, 0.4) is 0 Å².